The highest BCUT2D eigenvalue weighted by Gasteiger charge is 2.31. The quantitative estimate of drug-likeness (QED) is 0.789. The number of hydrogen-bond donors (Lipinski definition) is 1. The molecule has 1 aromatic heterocycles. The number of halogens is 1. The van der Waals surface area contributed by atoms with Gasteiger partial charge in [-0.3, -0.25) is 0 Å². The summed E-state index contributed by atoms with van der Waals surface area (Å²) < 4.78 is 24.0. The minimum Gasteiger partial charge on any atom is -0.383 e. The molecule has 19 heavy (non-hydrogen) atoms. The summed E-state index contributed by atoms with van der Waals surface area (Å²) in [5.41, 5.74) is 6.86. The van der Waals surface area contributed by atoms with E-state index in [1.165, 1.54) is 0 Å². The van der Waals surface area contributed by atoms with Gasteiger partial charge in [0.05, 0.1) is 20.8 Å². The zero-order chi connectivity index (χ0) is 14.2. The second-order valence-corrected chi connectivity index (χ2v) is 8.73. The number of hydrogen-bond acceptors (Lipinski definition) is 5. The van der Waals surface area contributed by atoms with E-state index in [1.54, 1.807) is 0 Å². The molecular weight excluding hydrogens is 377 g/mol. The van der Waals surface area contributed by atoms with Crippen LogP contribution in [0.2, 0.25) is 0 Å². The summed E-state index contributed by atoms with van der Waals surface area (Å²) >= 11 is 2.16. The van der Waals surface area contributed by atoms with Gasteiger partial charge in [-0.15, -0.1) is 0 Å². The van der Waals surface area contributed by atoms with Crippen LogP contribution in [-0.4, -0.2) is 29.9 Å². The molecule has 0 spiro atoms. The summed E-state index contributed by atoms with van der Waals surface area (Å²) in [4.78, 5) is 8.84. The zero-order valence-corrected chi connectivity index (χ0v) is 14.0. The molecule has 106 valence electrons. The molecular formula is C12H18IN3O2S. The van der Waals surface area contributed by atoms with Crippen LogP contribution in [-0.2, 0) is 16.3 Å². The number of nitrogens with zero attached hydrogens (tertiary/aromatic N) is 2. The van der Waals surface area contributed by atoms with Crippen molar-refractivity contribution in [2.45, 2.75) is 32.6 Å². The number of anilines is 1. The molecule has 5 nitrogen and oxygen atoms in total. The number of rotatable bonds is 3. The van der Waals surface area contributed by atoms with Crippen molar-refractivity contribution >= 4 is 38.2 Å². The zero-order valence-electron chi connectivity index (χ0n) is 11.1. The molecule has 1 atom stereocenters. The van der Waals surface area contributed by atoms with Crippen molar-refractivity contribution < 1.29 is 8.42 Å². The topological polar surface area (TPSA) is 85.9 Å². The van der Waals surface area contributed by atoms with Gasteiger partial charge >= 0.3 is 0 Å². The van der Waals surface area contributed by atoms with Crippen molar-refractivity contribution in [1.82, 2.24) is 9.97 Å². The Bertz CT molecular complexity index is 587. The summed E-state index contributed by atoms with van der Waals surface area (Å²) in [5, 5.41) is 0. The largest absolute Gasteiger partial charge is 0.383 e. The van der Waals surface area contributed by atoms with Crippen LogP contribution in [0.15, 0.2) is 0 Å². The van der Waals surface area contributed by atoms with Gasteiger partial charge in [0.2, 0.25) is 0 Å². The third-order valence-electron chi connectivity index (χ3n) is 3.16. The van der Waals surface area contributed by atoms with Crippen molar-refractivity contribution in [2.75, 3.05) is 17.2 Å². The van der Waals surface area contributed by atoms with Crippen LogP contribution < -0.4 is 5.73 Å². The van der Waals surface area contributed by atoms with E-state index < -0.39 is 9.84 Å². The van der Waals surface area contributed by atoms with E-state index in [1.807, 2.05) is 0 Å². The van der Waals surface area contributed by atoms with Crippen LogP contribution >= 0.6 is 22.6 Å². The first-order valence-corrected chi connectivity index (χ1v) is 9.20. The summed E-state index contributed by atoms with van der Waals surface area (Å²) in [7, 11) is -2.93. The fourth-order valence-electron chi connectivity index (χ4n) is 2.24. The van der Waals surface area contributed by atoms with E-state index >= 15 is 0 Å². The Labute approximate surface area is 127 Å². The Morgan fingerprint density at radius 1 is 1.42 bits per heavy atom. The molecule has 1 aliphatic rings. The Morgan fingerprint density at radius 2 is 2.11 bits per heavy atom. The number of nitrogens with two attached hydrogens (primary N) is 1. The maximum Gasteiger partial charge on any atom is 0.151 e. The summed E-state index contributed by atoms with van der Waals surface area (Å²) in [6, 6.07) is 0. The third-order valence-corrected chi connectivity index (χ3v) is 6.11. The van der Waals surface area contributed by atoms with Gasteiger partial charge < -0.3 is 5.73 Å². The minimum atomic E-state index is -2.93. The second-order valence-electron chi connectivity index (χ2n) is 5.43. The van der Waals surface area contributed by atoms with Crippen LogP contribution in [0.25, 0.3) is 0 Å². The molecule has 0 radical (unpaired) electrons. The van der Waals surface area contributed by atoms with Gasteiger partial charge in [-0.2, -0.15) is 0 Å². The van der Waals surface area contributed by atoms with Crippen LogP contribution in [0.1, 0.15) is 37.7 Å². The van der Waals surface area contributed by atoms with Crippen LogP contribution in [0.4, 0.5) is 5.82 Å². The molecule has 1 aromatic rings. The molecule has 1 unspecified atom stereocenters. The highest BCUT2D eigenvalue weighted by molar-refractivity contribution is 14.1. The molecule has 1 fully saturated rings. The average molecular weight is 395 g/mol. The highest BCUT2D eigenvalue weighted by atomic mass is 127. The van der Waals surface area contributed by atoms with Gasteiger partial charge in [0.25, 0.3) is 0 Å². The first kappa shape index (κ1) is 15.0. The smallest absolute Gasteiger partial charge is 0.151 e. The molecule has 2 N–H and O–H groups in total. The maximum absolute atomic E-state index is 11.5. The summed E-state index contributed by atoms with van der Waals surface area (Å²) in [6.45, 7) is 4.24. The number of aromatic nitrogens is 2. The molecule has 0 bridgehead atoms. The SMILES string of the molecule is CC(C)Cc1nc(C2CCS(=O)(=O)C2)nc(N)c1I. The molecule has 7 heteroatoms. The number of sulfone groups is 1. The molecule has 0 aliphatic carbocycles. The van der Waals surface area contributed by atoms with Gasteiger partial charge in [0.1, 0.15) is 11.6 Å². The third kappa shape index (κ3) is 3.56. The van der Waals surface area contributed by atoms with Gasteiger partial charge in [0, 0.05) is 5.92 Å². The predicted molar refractivity (Wildman–Crippen MR) is 83.7 cm³/mol. The molecule has 1 aliphatic heterocycles. The highest BCUT2D eigenvalue weighted by Crippen LogP contribution is 2.29. The lowest BCUT2D eigenvalue weighted by atomic mass is 10.1. The van der Waals surface area contributed by atoms with Gasteiger partial charge in [-0.05, 0) is 41.4 Å². The van der Waals surface area contributed by atoms with Gasteiger partial charge in [-0.1, -0.05) is 13.8 Å². The van der Waals surface area contributed by atoms with Crippen molar-refractivity contribution in [3.8, 4) is 0 Å². The molecule has 1 saturated heterocycles. The molecule has 0 amide bonds. The van der Waals surface area contributed by atoms with Crippen LogP contribution in [0, 0.1) is 9.49 Å². The van der Waals surface area contributed by atoms with Crippen molar-refractivity contribution in [3.05, 3.63) is 15.1 Å². The Hall–Kier alpha value is -0.440. The Morgan fingerprint density at radius 3 is 2.63 bits per heavy atom. The maximum atomic E-state index is 11.5. The first-order valence-electron chi connectivity index (χ1n) is 6.30. The number of nitrogen functional groups attached to an aromatic ring is 1. The first-order chi connectivity index (χ1) is 8.78. The molecule has 2 rings (SSSR count). The Balaban J connectivity index is 2.34. The van der Waals surface area contributed by atoms with Crippen molar-refractivity contribution in [2.24, 2.45) is 5.92 Å². The molecule has 0 aromatic carbocycles. The van der Waals surface area contributed by atoms with Crippen molar-refractivity contribution in [3.63, 3.8) is 0 Å². The lowest BCUT2D eigenvalue weighted by Crippen LogP contribution is -2.13. The normalized spacial score (nSPS) is 22.0. The minimum absolute atomic E-state index is 0.102. The fourth-order valence-corrected chi connectivity index (χ4v) is 4.44. The van der Waals surface area contributed by atoms with E-state index in [4.69, 9.17) is 5.73 Å². The standard InChI is InChI=1S/C12H18IN3O2S/c1-7(2)5-9-10(13)11(14)16-12(15-9)8-3-4-19(17,18)6-8/h7-8H,3-6H2,1-2H3,(H2,14,15,16). The Kier molecular flexibility index (Phi) is 4.34. The molecule has 0 saturated carbocycles. The predicted octanol–water partition coefficient (Wildman–Crippen LogP) is 1.76. The lowest BCUT2D eigenvalue weighted by molar-refractivity contribution is 0.600. The lowest BCUT2D eigenvalue weighted by Gasteiger charge is -2.13. The second kappa shape index (κ2) is 5.51. The van der Waals surface area contributed by atoms with E-state index in [9.17, 15) is 8.42 Å². The fraction of sp³-hybridized carbons (Fsp3) is 0.667. The van der Waals surface area contributed by atoms with Crippen molar-refractivity contribution in [1.29, 1.82) is 0 Å². The van der Waals surface area contributed by atoms with Gasteiger partial charge in [0.15, 0.2) is 9.84 Å². The van der Waals surface area contributed by atoms with Gasteiger partial charge in [-0.25, -0.2) is 18.4 Å². The summed E-state index contributed by atoms with van der Waals surface area (Å²) in [6.07, 6.45) is 1.43. The van der Waals surface area contributed by atoms with Crippen LogP contribution in [0.3, 0.4) is 0 Å². The van der Waals surface area contributed by atoms with E-state index in [2.05, 4.69) is 46.4 Å². The van der Waals surface area contributed by atoms with E-state index in [-0.39, 0.29) is 17.4 Å². The average Bonchev–Trinajstić information content (AvgIpc) is 2.64. The monoisotopic (exact) mass is 395 g/mol. The van der Waals surface area contributed by atoms with E-state index in [0.717, 1.165) is 15.7 Å². The van der Waals surface area contributed by atoms with E-state index in [0.29, 0.717) is 24.0 Å². The molecule has 2 heterocycles. The summed E-state index contributed by atoms with van der Waals surface area (Å²) in [5.74, 6) is 1.80. The van der Waals surface area contributed by atoms with Crippen LogP contribution in [0.5, 0.6) is 0 Å².